The quantitative estimate of drug-likeness (QED) is 0.737. The van der Waals surface area contributed by atoms with Gasteiger partial charge in [-0.15, -0.1) is 0 Å². The molecule has 2 heterocycles. The molecule has 0 atom stereocenters. The van der Waals surface area contributed by atoms with Gasteiger partial charge in [0.1, 0.15) is 0 Å². The van der Waals surface area contributed by atoms with Crippen molar-refractivity contribution in [1.29, 1.82) is 0 Å². The van der Waals surface area contributed by atoms with Crippen molar-refractivity contribution in [3.63, 3.8) is 0 Å². The lowest BCUT2D eigenvalue weighted by Crippen LogP contribution is -2.22. The molecule has 9 heteroatoms. The summed E-state index contributed by atoms with van der Waals surface area (Å²) in [7, 11) is -0.667. The second-order valence-electron chi connectivity index (χ2n) is 5.63. The van der Waals surface area contributed by atoms with Crippen LogP contribution in [-0.2, 0) is 10.0 Å². The number of nitrogens with zero attached hydrogens (tertiary/aromatic N) is 4. The largest absolute Gasteiger partial charge is 0.322 e. The van der Waals surface area contributed by atoms with Gasteiger partial charge in [-0.3, -0.25) is 4.79 Å². The third-order valence-electron chi connectivity index (χ3n) is 3.62. The van der Waals surface area contributed by atoms with E-state index in [4.69, 9.17) is 0 Å². The summed E-state index contributed by atoms with van der Waals surface area (Å²) in [6, 6.07) is 11.2. The number of benzene rings is 1. The van der Waals surface area contributed by atoms with Crippen LogP contribution in [0.15, 0.2) is 66.0 Å². The van der Waals surface area contributed by atoms with Crippen LogP contribution in [0.4, 0.5) is 5.69 Å². The first-order chi connectivity index (χ1) is 12.4. The fourth-order valence-electron chi connectivity index (χ4n) is 2.21. The molecule has 3 rings (SSSR count). The predicted octanol–water partition coefficient (Wildman–Crippen LogP) is 1.77. The van der Waals surface area contributed by atoms with Gasteiger partial charge in [-0.2, -0.15) is 5.10 Å². The zero-order valence-corrected chi connectivity index (χ0v) is 15.0. The second kappa shape index (κ2) is 7.06. The molecule has 3 aromatic rings. The van der Waals surface area contributed by atoms with E-state index in [2.05, 4.69) is 15.4 Å². The minimum absolute atomic E-state index is 0.104. The number of amides is 1. The summed E-state index contributed by atoms with van der Waals surface area (Å²) in [6.07, 6.45) is 4.82. The highest BCUT2D eigenvalue weighted by Crippen LogP contribution is 2.18. The highest BCUT2D eigenvalue weighted by atomic mass is 32.2. The van der Waals surface area contributed by atoms with E-state index in [9.17, 15) is 13.2 Å². The summed E-state index contributed by atoms with van der Waals surface area (Å²) in [4.78, 5) is 16.7. The molecule has 0 unspecified atom stereocenters. The van der Waals surface area contributed by atoms with Gasteiger partial charge in [-0.25, -0.2) is 22.4 Å². The van der Waals surface area contributed by atoms with Crippen LogP contribution in [0, 0.1) is 0 Å². The van der Waals surface area contributed by atoms with Gasteiger partial charge >= 0.3 is 0 Å². The number of carbonyl (C=O) groups is 1. The lowest BCUT2D eigenvalue weighted by Gasteiger charge is -2.12. The average Bonchev–Trinajstić information content (AvgIpc) is 3.16. The van der Waals surface area contributed by atoms with Crippen LogP contribution < -0.4 is 5.32 Å². The van der Waals surface area contributed by atoms with Crippen LogP contribution in [0.1, 0.15) is 10.4 Å². The van der Waals surface area contributed by atoms with Crippen molar-refractivity contribution in [2.24, 2.45) is 0 Å². The third kappa shape index (κ3) is 3.63. The standard InChI is InChI=1S/C17H17N5O3S/c1-21(2)26(24,25)15-6-3-5-14(11-15)20-17(23)13-7-8-16(18-12-13)22-10-4-9-19-22/h3-12H,1-2H3,(H,20,23). The molecule has 2 aromatic heterocycles. The van der Waals surface area contributed by atoms with E-state index in [-0.39, 0.29) is 10.8 Å². The van der Waals surface area contributed by atoms with Gasteiger partial charge in [0.15, 0.2) is 5.82 Å². The van der Waals surface area contributed by atoms with Gasteiger partial charge in [-0.05, 0) is 36.4 Å². The minimum atomic E-state index is -3.57. The molecule has 0 bridgehead atoms. The number of aromatic nitrogens is 3. The molecule has 134 valence electrons. The lowest BCUT2D eigenvalue weighted by molar-refractivity contribution is 0.102. The van der Waals surface area contributed by atoms with Gasteiger partial charge in [0.2, 0.25) is 10.0 Å². The highest BCUT2D eigenvalue weighted by Gasteiger charge is 2.17. The average molecular weight is 371 g/mol. The molecule has 0 spiro atoms. The summed E-state index contributed by atoms with van der Waals surface area (Å²) >= 11 is 0. The molecule has 0 aliphatic rings. The Labute approximate surface area is 151 Å². The monoisotopic (exact) mass is 371 g/mol. The number of hydrogen-bond acceptors (Lipinski definition) is 5. The van der Waals surface area contributed by atoms with Crippen molar-refractivity contribution in [2.75, 3.05) is 19.4 Å². The van der Waals surface area contributed by atoms with Gasteiger partial charge in [0.05, 0.1) is 10.5 Å². The van der Waals surface area contributed by atoms with Crippen LogP contribution in [0.25, 0.3) is 5.82 Å². The fourth-order valence-corrected chi connectivity index (χ4v) is 3.16. The maximum Gasteiger partial charge on any atom is 0.257 e. The number of sulfonamides is 1. The van der Waals surface area contributed by atoms with Gasteiger partial charge in [0, 0.05) is 38.4 Å². The molecule has 8 nitrogen and oxygen atoms in total. The lowest BCUT2D eigenvalue weighted by atomic mass is 10.2. The first kappa shape index (κ1) is 17.8. The summed E-state index contributed by atoms with van der Waals surface area (Å²) < 4.78 is 27.1. The second-order valence-corrected chi connectivity index (χ2v) is 7.78. The molecule has 1 aromatic carbocycles. The molecule has 0 fully saturated rings. The zero-order valence-electron chi connectivity index (χ0n) is 14.2. The normalized spacial score (nSPS) is 11.5. The van der Waals surface area contributed by atoms with Crippen LogP contribution in [-0.4, -0.2) is 47.5 Å². The van der Waals surface area contributed by atoms with E-state index in [1.54, 1.807) is 47.4 Å². The van der Waals surface area contributed by atoms with Crippen LogP contribution in [0.3, 0.4) is 0 Å². The van der Waals surface area contributed by atoms with E-state index in [0.29, 0.717) is 17.1 Å². The van der Waals surface area contributed by atoms with Crippen molar-refractivity contribution in [3.05, 3.63) is 66.6 Å². The maximum absolute atomic E-state index is 12.4. The van der Waals surface area contributed by atoms with Crippen LogP contribution in [0.2, 0.25) is 0 Å². The number of pyridine rings is 1. The Morgan fingerprint density at radius 3 is 2.58 bits per heavy atom. The maximum atomic E-state index is 12.4. The van der Waals surface area contributed by atoms with Crippen molar-refractivity contribution in [3.8, 4) is 5.82 Å². The van der Waals surface area contributed by atoms with Crippen molar-refractivity contribution < 1.29 is 13.2 Å². The zero-order chi connectivity index (χ0) is 18.7. The van der Waals surface area contributed by atoms with Crippen LogP contribution >= 0.6 is 0 Å². The smallest absolute Gasteiger partial charge is 0.257 e. The fraction of sp³-hybridized carbons (Fsp3) is 0.118. The molecule has 0 aliphatic heterocycles. The predicted molar refractivity (Wildman–Crippen MR) is 96.6 cm³/mol. The molecule has 0 saturated carbocycles. The third-order valence-corrected chi connectivity index (χ3v) is 5.43. The molecule has 26 heavy (non-hydrogen) atoms. The van der Waals surface area contributed by atoms with E-state index in [0.717, 1.165) is 4.31 Å². The van der Waals surface area contributed by atoms with Crippen molar-refractivity contribution in [1.82, 2.24) is 19.1 Å². The Balaban J connectivity index is 1.78. The molecule has 0 radical (unpaired) electrons. The summed E-state index contributed by atoms with van der Waals surface area (Å²) in [5, 5.41) is 6.75. The van der Waals surface area contributed by atoms with Gasteiger partial charge in [0.25, 0.3) is 5.91 Å². The Morgan fingerprint density at radius 1 is 1.15 bits per heavy atom. The van der Waals surface area contributed by atoms with E-state index in [1.165, 1.54) is 32.4 Å². The minimum Gasteiger partial charge on any atom is -0.322 e. The van der Waals surface area contributed by atoms with Gasteiger partial charge in [-0.1, -0.05) is 6.07 Å². The van der Waals surface area contributed by atoms with Crippen molar-refractivity contribution in [2.45, 2.75) is 4.90 Å². The van der Waals surface area contributed by atoms with E-state index in [1.807, 2.05) is 0 Å². The summed E-state index contributed by atoms with van der Waals surface area (Å²) in [6.45, 7) is 0. The molecule has 1 N–H and O–H groups in total. The SMILES string of the molecule is CN(C)S(=O)(=O)c1cccc(NC(=O)c2ccc(-n3cccn3)nc2)c1. The molecule has 0 aliphatic carbocycles. The number of carbonyl (C=O) groups excluding carboxylic acids is 1. The van der Waals surface area contributed by atoms with E-state index >= 15 is 0 Å². The van der Waals surface area contributed by atoms with Crippen LogP contribution in [0.5, 0.6) is 0 Å². The molecule has 1 amide bonds. The number of anilines is 1. The van der Waals surface area contributed by atoms with Crippen molar-refractivity contribution >= 4 is 21.6 Å². The van der Waals surface area contributed by atoms with Gasteiger partial charge < -0.3 is 5.32 Å². The summed E-state index contributed by atoms with van der Waals surface area (Å²) in [5.41, 5.74) is 0.732. The highest BCUT2D eigenvalue weighted by molar-refractivity contribution is 7.89. The first-order valence-electron chi connectivity index (χ1n) is 7.68. The topological polar surface area (TPSA) is 97.2 Å². The number of hydrogen-bond donors (Lipinski definition) is 1. The van der Waals surface area contributed by atoms with E-state index < -0.39 is 10.0 Å². The summed E-state index contributed by atoms with van der Waals surface area (Å²) in [5.74, 6) is 0.203. The Morgan fingerprint density at radius 2 is 1.96 bits per heavy atom. The molecular formula is C17H17N5O3S. The number of rotatable bonds is 5. The number of nitrogens with one attached hydrogen (secondary N) is 1. The molecule has 0 saturated heterocycles. The Bertz CT molecular complexity index is 1010. The molecular weight excluding hydrogens is 354 g/mol. The Hall–Kier alpha value is -3.04. The Kier molecular flexibility index (Phi) is 4.83. The first-order valence-corrected chi connectivity index (χ1v) is 9.12.